The third-order valence-electron chi connectivity index (χ3n) is 5.92. The third-order valence-corrected chi connectivity index (χ3v) is 8.52. The standard InChI is InChI=1S/C20H31N3O3S/c1-2-8-21-15-17-11-20(12-17)13-18(7-10-27(20,25)26)23-19(24)6-5-16-4-3-9-22-14-16/h3-4,9,14,17-18,21H,2,5-8,10-13,15H2,1H3,(H,23,24). The number of aromatic nitrogens is 1. The molecule has 6 nitrogen and oxygen atoms in total. The van der Waals surface area contributed by atoms with Crippen molar-refractivity contribution in [1.82, 2.24) is 15.6 Å². The van der Waals surface area contributed by atoms with E-state index in [0.717, 1.165) is 37.9 Å². The molecule has 7 heteroatoms. The summed E-state index contributed by atoms with van der Waals surface area (Å²) in [6, 6.07) is 3.80. The molecule has 150 valence electrons. The van der Waals surface area contributed by atoms with Gasteiger partial charge in [-0.2, -0.15) is 0 Å². The second-order valence-corrected chi connectivity index (χ2v) is 10.6. The van der Waals surface area contributed by atoms with Crippen molar-refractivity contribution in [3.05, 3.63) is 30.1 Å². The number of hydrogen-bond donors (Lipinski definition) is 2. The molecule has 2 fully saturated rings. The van der Waals surface area contributed by atoms with Gasteiger partial charge in [0.2, 0.25) is 5.91 Å². The maximum Gasteiger partial charge on any atom is 0.220 e. The first kappa shape index (κ1) is 20.3. The molecule has 2 aliphatic rings. The van der Waals surface area contributed by atoms with Crippen LogP contribution in [-0.4, -0.2) is 48.9 Å². The minimum Gasteiger partial charge on any atom is -0.353 e. The molecule has 3 rings (SSSR count). The number of nitrogens with one attached hydrogen (secondary N) is 2. The normalized spacial score (nSPS) is 29.2. The van der Waals surface area contributed by atoms with Crippen LogP contribution >= 0.6 is 0 Å². The number of aryl methyl sites for hydroxylation is 1. The minimum atomic E-state index is -3.06. The van der Waals surface area contributed by atoms with E-state index in [1.54, 1.807) is 12.4 Å². The molecule has 0 aromatic carbocycles. The summed E-state index contributed by atoms with van der Waals surface area (Å²) in [5, 5.41) is 6.47. The van der Waals surface area contributed by atoms with Gasteiger partial charge in [0.05, 0.1) is 10.5 Å². The molecule has 1 aliphatic heterocycles. The number of carbonyl (C=O) groups excluding carboxylic acids is 1. The fourth-order valence-corrected chi connectivity index (χ4v) is 6.92. The summed E-state index contributed by atoms with van der Waals surface area (Å²) in [4.78, 5) is 16.4. The molecule has 1 aromatic heterocycles. The third kappa shape index (κ3) is 4.88. The minimum absolute atomic E-state index is 0.00112. The molecular formula is C20H31N3O3S. The van der Waals surface area contributed by atoms with Crippen LogP contribution < -0.4 is 10.6 Å². The van der Waals surface area contributed by atoms with Crippen LogP contribution in [0.4, 0.5) is 0 Å². The first-order valence-corrected chi connectivity index (χ1v) is 11.7. The lowest BCUT2D eigenvalue weighted by Crippen LogP contribution is -2.60. The van der Waals surface area contributed by atoms with E-state index < -0.39 is 14.6 Å². The Bertz CT molecular complexity index is 730. The molecule has 1 amide bonds. The highest BCUT2D eigenvalue weighted by molar-refractivity contribution is 7.92. The topological polar surface area (TPSA) is 88.2 Å². The maximum atomic E-state index is 12.7. The van der Waals surface area contributed by atoms with Gasteiger partial charge in [-0.05, 0) is 69.2 Å². The first-order chi connectivity index (χ1) is 12.9. The van der Waals surface area contributed by atoms with Gasteiger partial charge >= 0.3 is 0 Å². The van der Waals surface area contributed by atoms with Crippen molar-refractivity contribution in [3.63, 3.8) is 0 Å². The van der Waals surface area contributed by atoms with E-state index in [0.29, 0.717) is 31.6 Å². The summed E-state index contributed by atoms with van der Waals surface area (Å²) >= 11 is 0. The van der Waals surface area contributed by atoms with Crippen molar-refractivity contribution in [2.45, 2.75) is 62.7 Å². The summed E-state index contributed by atoms with van der Waals surface area (Å²) in [6.45, 7) is 4.00. The highest BCUT2D eigenvalue weighted by Gasteiger charge is 2.56. The molecule has 1 aromatic rings. The predicted octanol–water partition coefficient (Wildman–Crippen LogP) is 1.86. The monoisotopic (exact) mass is 393 g/mol. The maximum absolute atomic E-state index is 12.7. The smallest absolute Gasteiger partial charge is 0.220 e. The summed E-state index contributed by atoms with van der Waals surface area (Å²) in [7, 11) is -3.06. The number of pyridine rings is 1. The van der Waals surface area contributed by atoms with Crippen molar-refractivity contribution in [2.75, 3.05) is 18.8 Å². The van der Waals surface area contributed by atoms with Gasteiger partial charge in [-0.1, -0.05) is 13.0 Å². The number of nitrogens with zero attached hydrogens (tertiary/aromatic N) is 1. The lowest BCUT2D eigenvalue weighted by atomic mass is 9.70. The van der Waals surface area contributed by atoms with Gasteiger partial charge in [0.25, 0.3) is 0 Å². The van der Waals surface area contributed by atoms with Crippen molar-refractivity contribution in [2.24, 2.45) is 5.92 Å². The van der Waals surface area contributed by atoms with Crippen molar-refractivity contribution in [3.8, 4) is 0 Å². The van der Waals surface area contributed by atoms with Gasteiger partial charge in [-0.15, -0.1) is 0 Å². The molecule has 1 saturated carbocycles. The zero-order valence-electron chi connectivity index (χ0n) is 16.1. The van der Waals surface area contributed by atoms with E-state index in [-0.39, 0.29) is 17.7 Å². The Morgan fingerprint density at radius 1 is 1.33 bits per heavy atom. The van der Waals surface area contributed by atoms with Gasteiger partial charge in [-0.25, -0.2) is 8.42 Å². The van der Waals surface area contributed by atoms with Crippen LogP contribution in [0.3, 0.4) is 0 Å². The molecule has 1 aliphatic carbocycles. The van der Waals surface area contributed by atoms with Gasteiger partial charge in [0, 0.05) is 24.9 Å². The highest BCUT2D eigenvalue weighted by Crippen LogP contribution is 2.49. The summed E-state index contributed by atoms with van der Waals surface area (Å²) in [6.07, 6.45) is 8.20. The first-order valence-electron chi connectivity index (χ1n) is 10.1. The second-order valence-electron chi connectivity index (χ2n) is 8.10. The molecule has 1 spiro atoms. The largest absolute Gasteiger partial charge is 0.353 e. The van der Waals surface area contributed by atoms with Crippen molar-refractivity contribution < 1.29 is 13.2 Å². The average molecular weight is 394 g/mol. The Morgan fingerprint density at radius 2 is 2.15 bits per heavy atom. The molecule has 2 heterocycles. The lowest BCUT2D eigenvalue weighted by Gasteiger charge is -2.51. The molecule has 27 heavy (non-hydrogen) atoms. The van der Waals surface area contributed by atoms with Gasteiger partial charge in [0.1, 0.15) is 0 Å². The highest BCUT2D eigenvalue weighted by atomic mass is 32.2. The fourth-order valence-electron chi connectivity index (χ4n) is 4.46. The van der Waals surface area contributed by atoms with E-state index in [9.17, 15) is 13.2 Å². The second kappa shape index (κ2) is 8.69. The van der Waals surface area contributed by atoms with Gasteiger partial charge in [-0.3, -0.25) is 9.78 Å². The van der Waals surface area contributed by atoms with Crippen LogP contribution in [0, 0.1) is 5.92 Å². The Hall–Kier alpha value is -1.47. The molecule has 0 bridgehead atoms. The van der Waals surface area contributed by atoms with Crippen LogP contribution in [-0.2, 0) is 21.1 Å². The summed E-state index contributed by atoms with van der Waals surface area (Å²) < 4.78 is 24.7. The molecule has 1 atom stereocenters. The van der Waals surface area contributed by atoms with Gasteiger partial charge < -0.3 is 10.6 Å². The number of hydrogen-bond acceptors (Lipinski definition) is 5. The van der Waals surface area contributed by atoms with E-state index in [1.165, 1.54) is 0 Å². The molecule has 1 unspecified atom stereocenters. The van der Waals surface area contributed by atoms with Gasteiger partial charge in [0.15, 0.2) is 9.84 Å². The van der Waals surface area contributed by atoms with Crippen LogP contribution in [0.2, 0.25) is 0 Å². The summed E-state index contributed by atoms with van der Waals surface area (Å²) in [5.74, 6) is 0.625. The zero-order valence-corrected chi connectivity index (χ0v) is 16.9. The Balaban J connectivity index is 1.49. The van der Waals surface area contributed by atoms with Crippen LogP contribution in [0.25, 0.3) is 0 Å². The van der Waals surface area contributed by atoms with Crippen LogP contribution in [0.1, 0.15) is 51.0 Å². The predicted molar refractivity (Wildman–Crippen MR) is 106 cm³/mol. The average Bonchev–Trinajstić information content (AvgIpc) is 2.62. The zero-order chi connectivity index (χ0) is 19.3. The number of carbonyl (C=O) groups is 1. The Labute approximate surface area is 162 Å². The number of sulfone groups is 1. The molecule has 2 N–H and O–H groups in total. The van der Waals surface area contributed by atoms with Crippen LogP contribution in [0.5, 0.6) is 0 Å². The summed E-state index contributed by atoms with van der Waals surface area (Å²) in [5.41, 5.74) is 1.04. The van der Waals surface area contributed by atoms with E-state index >= 15 is 0 Å². The van der Waals surface area contributed by atoms with E-state index in [4.69, 9.17) is 0 Å². The number of rotatable bonds is 8. The van der Waals surface area contributed by atoms with Crippen molar-refractivity contribution in [1.29, 1.82) is 0 Å². The quantitative estimate of drug-likeness (QED) is 0.658. The van der Waals surface area contributed by atoms with E-state index in [1.807, 2.05) is 12.1 Å². The Morgan fingerprint density at radius 3 is 2.85 bits per heavy atom. The SMILES string of the molecule is CCCNCC1CC2(C1)CC(NC(=O)CCc1cccnc1)CCS2(=O)=O. The lowest BCUT2D eigenvalue weighted by molar-refractivity contribution is -0.122. The molecule has 0 radical (unpaired) electrons. The van der Waals surface area contributed by atoms with Crippen LogP contribution in [0.15, 0.2) is 24.5 Å². The molecule has 1 saturated heterocycles. The number of amides is 1. The molecular weight excluding hydrogens is 362 g/mol. The Kier molecular flexibility index (Phi) is 6.52. The van der Waals surface area contributed by atoms with E-state index in [2.05, 4.69) is 22.5 Å². The van der Waals surface area contributed by atoms with Crippen molar-refractivity contribution >= 4 is 15.7 Å². The fraction of sp³-hybridized carbons (Fsp3) is 0.700.